The second-order valence-corrected chi connectivity index (χ2v) is 6.81. The normalized spacial score (nSPS) is 11.9. The third-order valence-corrected chi connectivity index (χ3v) is 4.84. The highest BCUT2D eigenvalue weighted by Gasteiger charge is 2.16. The van der Waals surface area contributed by atoms with E-state index in [-0.39, 0.29) is 5.91 Å². The molecule has 0 fully saturated rings. The molecule has 0 bridgehead atoms. The van der Waals surface area contributed by atoms with Crippen molar-refractivity contribution in [2.75, 3.05) is 25.5 Å². The van der Waals surface area contributed by atoms with Crippen molar-refractivity contribution in [3.8, 4) is 16.5 Å². The van der Waals surface area contributed by atoms with E-state index in [1.807, 2.05) is 35.7 Å². The van der Waals surface area contributed by atoms with E-state index in [0.29, 0.717) is 24.7 Å². The first-order valence-corrected chi connectivity index (χ1v) is 9.31. The molecule has 7 heteroatoms. The average Bonchev–Trinajstić information content (AvgIpc) is 3.32. The third-order valence-electron chi connectivity index (χ3n) is 3.98. The maximum absolute atomic E-state index is 12.3. The fourth-order valence-electron chi connectivity index (χ4n) is 2.60. The predicted molar refractivity (Wildman–Crippen MR) is 102 cm³/mol. The highest BCUT2D eigenvalue weighted by Crippen LogP contribution is 2.23. The molecular formula is C19H22N3O3S+. The maximum Gasteiger partial charge on any atom is 0.279 e. The van der Waals surface area contributed by atoms with Gasteiger partial charge in [0.05, 0.1) is 18.5 Å². The number of carbonyl (C=O) groups is 1. The Bertz CT molecular complexity index is 845. The van der Waals surface area contributed by atoms with Gasteiger partial charge in [0.25, 0.3) is 5.91 Å². The van der Waals surface area contributed by atoms with E-state index in [1.165, 1.54) is 0 Å². The van der Waals surface area contributed by atoms with Gasteiger partial charge in [-0.3, -0.25) is 4.79 Å². The fraction of sp³-hybridized carbons (Fsp3) is 0.263. The summed E-state index contributed by atoms with van der Waals surface area (Å²) in [6.45, 7) is 3.85. The largest absolute Gasteiger partial charge is 0.497 e. The van der Waals surface area contributed by atoms with Crippen LogP contribution in [-0.2, 0) is 11.3 Å². The van der Waals surface area contributed by atoms with Gasteiger partial charge in [-0.25, -0.2) is 4.98 Å². The minimum atomic E-state index is -0.0444. The first-order chi connectivity index (χ1) is 12.7. The van der Waals surface area contributed by atoms with Crippen LogP contribution in [0.25, 0.3) is 10.8 Å². The Balaban J connectivity index is 1.57. The van der Waals surface area contributed by atoms with Gasteiger partial charge in [0.15, 0.2) is 6.54 Å². The van der Waals surface area contributed by atoms with Crippen molar-refractivity contribution in [1.29, 1.82) is 0 Å². The Hall–Kier alpha value is -2.64. The number of oxazole rings is 1. The first kappa shape index (κ1) is 18.2. The molecule has 26 heavy (non-hydrogen) atoms. The Morgan fingerprint density at radius 2 is 2.23 bits per heavy atom. The number of likely N-dealkylation sites (N-methyl/N-ethyl adjacent to an activating group) is 1. The Labute approximate surface area is 156 Å². The second-order valence-electron chi connectivity index (χ2n) is 5.86. The number of methoxy groups -OCH3 is 1. The molecule has 0 aliphatic carbocycles. The van der Waals surface area contributed by atoms with Crippen LogP contribution in [0.2, 0.25) is 0 Å². The van der Waals surface area contributed by atoms with E-state index in [2.05, 4.69) is 17.2 Å². The first-order valence-electron chi connectivity index (χ1n) is 8.43. The van der Waals surface area contributed by atoms with E-state index in [9.17, 15) is 4.79 Å². The molecule has 2 aromatic heterocycles. The minimum absolute atomic E-state index is 0.0444. The molecule has 1 amide bonds. The topological polar surface area (TPSA) is 68.8 Å². The summed E-state index contributed by atoms with van der Waals surface area (Å²) in [5.74, 6) is 1.30. The molecule has 1 unspecified atom stereocenters. The van der Waals surface area contributed by atoms with Crippen LogP contribution in [0.5, 0.6) is 5.75 Å². The lowest BCUT2D eigenvalue weighted by Gasteiger charge is -2.16. The number of amides is 1. The number of thiophene rings is 1. The zero-order valence-corrected chi connectivity index (χ0v) is 15.6. The Morgan fingerprint density at radius 1 is 1.35 bits per heavy atom. The molecular weight excluding hydrogens is 350 g/mol. The molecule has 0 saturated heterocycles. The molecule has 0 radical (unpaired) electrons. The number of hydrogen-bond donors (Lipinski definition) is 2. The molecule has 0 aliphatic heterocycles. The van der Waals surface area contributed by atoms with E-state index in [1.54, 1.807) is 30.8 Å². The zero-order valence-electron chi connectivity index (χ0n) is 14.8. The average molecular weight is 372 g/mol. The van der Waals surface area contributed by atoms with Gasteiger partial charge in [0.1, 0.15) is 24.3 Å². The number of hydrogen-bond acceptors (Lipinski definition) is 5. The number of nitrogens with zero attached hydrogens (tertiary/aromatic N) is 1. The van der Waals surface area contributed by atoms with E-state index in [0.717, 1.165) is 27.7 Å². The summed E-state index contributed by atoms with van der Waals surface area (Å²) in [6, 6.07) is 11.3. The molecule has 3 rings (SSSR count). The molecule has 1 aromatic carbocycles. The van der Waals surface area contributed by atoms with Gasteiger partial charge in [0, 0.05) is 11.8 Å². The predicted octanol–water partition coefficient (Wildman–Crippen LogP) is 2.46. The molecule has 2 heterocycles. The van der Waals surface area contributed by atoms with Gasteiger partial charge in [-0.15, -0.1) is 11.3 Å². The summed E-state index contributed by atoms with van der Waals surface area (Å²) in [6.07, 6.45) is 1.67. The van der Waals surface area contributed by atoms with Crippen molar-refractivity contribution in [3.05, 3.63) is 53.7 Å². The van der Waals surface area contributed by atoms with Gasteiger partial charge in [-0.05, 0) is 30.5 Å². The highest BCUT2D eigenvalue weighted by atomic mass is 32.1. The molecule has 3 aromatic rings. The third kappa shape index (κ3) is 4.71. The van der Waals surface area contributed by atoms with Crippen LogP contribution in [-0.4, -0.2) is 31.1 Å². The minimum Gasteiger partial charge on any atom is -0.497 e. The van der Waals surface area contributed by atoms with Crippen molar-refractivity contribution in [1.82, 2.24) is 4.98 Å². The fourth-order valence-corrected chi connectivity index (χ4v) is 3.26. The summed E-state index contributed by atoms with van der Waals surface area (Å²) < 4.78 is 10.7. The van der Waals surface area contributed by atoms with Gasteiger partial charge in [-0.1, -0.05) is 12.1 Å². The summed E-state index contributed by atoms with van der Waals surface area (Å²) in [5.41, 5.74) is 1.57. The van der Waals surface area contributed by atoms with Crippen LogP contribution in [0.1, 0.15) is 12.6 Å². The Morgan fingerprint density at radius 3 is 2.96 bits per heavy atom. The molecule has 136 valence electrons. The van der Waals surface area contributed by atoms with Crippen LogP contribution in [0, 0.1) is 0 Å². The van der Waals surface area contributed by atoms with E-state index < -0.39 is 0 Å². The molecule has 6 nitrogen and oxygen atoms in total. The number of ether oxygens (including phenoxy) is 1. The highest BCUT2D eigenvalue weighted by molar-refractivity contribution is 7.13. The van der Waals surface area contributed by atoms with Crippen molar-refractivity contribution in [3.63, 3.8) is 0 Å². The lowest BCUT2D eigenvalue weighted by Crippen LogP contribution is -3.11. The van der Waals surface area contributed by atoms with E-state index >= 15 is 0 Å². The number of carbonyl (C=O) groups excluding carboxylic acids is 1. The summed E-state index contributed by atoms with van der Waals surface area (Å²) in [7, 11) is 1.60. The number of benzene rings is 1. The van der Waals surface area contributed by atoms with Gasteiger partial charge < -0.3 is 19.4 Å². The van der Waals surface area contributed by atoms with Crippen LogP contribution in [0.15, 0.2) is 52.5 Å². The van der Waals surface area contributed by atoms with Crippen LogP contribution in [0.4, 0.5) is 5.69 Å². The summed E-state index contributed by atoms with van der Waals surface area (Å²) in [4.78, 5) is 19.0. The monoisotopic (exact) mass is 372 g/mol. The zero-order chi connectivity index (χ0) is 18.4. The van der Waals surface area contributed by atoms with Crippen molar-refractivity contribution >= 4 is 22.9 Å². The maximum atomic E-state index is 12.3. The number of nitrogens with one attached hydrogen (secondary N) is 2. The Kier molecular flexibility index (Phi) is 6.04. The van der Waals surface area contributed by atoms with Crippen molar-refractivity contribution in [2.24, 2.45) is 0 Å². The molecule has 1 atom stereocenters. The van der Waals surface area contributed by atoms with Gasteiger partial charge in [-0.2, -0.15) is 0 Å². The number of aromatic nitrogens is 1. The van der Waals surface area contributed by atoms with Crippen LogP contribution >= 0.6 is 11.3 Å². The SMILES string of the molecule is CC[NH+](CC(=O)Nc1cccc(OC)c1)Cc1coc(-c2cccs2)n1. The quantitative estimate of drug-likeness (QED) is 0.637. The summed E-state index contributed by atoms with van der Waals surface area (Å²) in [5, 5.41) is 4.90. The number of anilines is 1. The lowest BCUT2D eigenvalue weighted by atomic mass is 10.3. The summed E-state index contributed by atoms with van der Waals surface area (Å²) >= 11 is 1.59. The molecule has 0 saturated carbocycles. The smallest absolute Gasteiger partial charge is 0.279 e. The number of quaternary nitrogens is 1. The van der Waals surface area contributed by atoms with Crippen LogP contribution in [0.3, 0.4) is 0 Å². The van der Waals surface area contributed by atoms with Gasteiger partial charge in [0.2, 0.25) is 5.89 Å². The molecule has 0 spiro atoms. The van der Waals surface area contributed by atoms with E-state index in [4.69, 9.17) is 9.15 Å². The standard InChI is InChI=1S/C19H21N3O3S/c1-3-22(11-15-13-25-19(21-15)17-8-5-9-26-17)12-18(23)20-14-6-4-7-16(10-14)24-2/h4-10,13H,3,11-12H2,1-2H3,(H,20,23)/p+1. The lowest BCUT2D eigenvalue weighted by molar-refractivity contribution is -0.904. The van der Waals surface area contributed by atoms with Crippen molar-refractivity contribution < 1.29 is 18.8 Å². The molecule has 0 aliphatic rings. The molecule has 2 N–H and O–H groups in total. The second kappa shape index (κ2) is 8.64. The van der Waals surface area contributed by atoms with Crippen molar-refractivity contribution in [2.45, 2.75) is 13.5 Å². The number of rotatable bonds is 8. The van der Waals surface area contributed by atoms with Crippen LogP contribution < -0.4 is 15.0 Å². The van der Waals surface area contributed by atoms with Gasteiger partial charge >= 0.3 is 0 Å².